The molecule has 0 heterocycles. The summed E-state index contributed by atoms with van der Waals surface area (Å²) in [7, 11) is -2.58. The van der Waals surface area contributed by atoms with Crippen molar-refractivity contribution in [3.8, 4) is 11.8 Å². The maximum atomic E-state index is 10.3. The molecular formula is C26H32O2Si. The lowest BCUT2D eigenvalue weighted by molar-refractivity contribution is 0.121. The molecule has 152 valence electrons. The lowest BCUT2D eigenvalue weighted by Gasteiger charge is -2.45. The van der Waals surface area contributed by atoms with Crippen LogP contribution in [0.2, 0.25) is 5.04 Å². The highest BCUT2D eigenvalue weighted by atomic mass is 28.4. The molecule has 1 N–H and O–H groups in total. The average Bonchev–Trinajstić information content (AvgIpc) is 3.13. The molecule has 0 radical (unpaired) electrons. The van der Waals surface area contributed by atoms with Crippen LogP contribution >= 0.6 is 0 Å². The monoisotopic (exact) mass is 404 g/mol. The molecule has 1 unspecified atom stereocenters. The molecule has 0 spiro atoms. The molecule has 3 rings (SSSR count). The van der Waals surface area contributed by atoms with Crippen molar-refractivity contribution in [3.05, 3.63) is 72.8 Å². The minimum absolute atomic E-state index is 0.0506. The normalized spacial score (nSPS) is 20.2. The van der Waals surface area contributed by atoms with Gasteiger partial charge in [-0.3, -0.25) is 0 Å². The van der Waals surface area contributed by atoms with Gasteiger partial charge >= 0.3 is 0 Å². The first-order chi connectivity index (χ1) is 13.9. The lowest BCUT2D eigenvalue weighted by Crippen LogP contribution is -2.68. The molecule has 1 aliphatic rings. The van der Waals surface area contributed by atoms with Crippen molar-refractivity contribution < 1.29 is 9.53 Å². The molecule has 0 saturated heterocycles. The lowest BCUT2D eigenvalue weighted by atomic mass is 9.99. The molecule has 0 amide bonds. The third kappa shape index (κ3) is 4.56. The Morgan fingerprint density at radius 1 is 1.03 bits per heavy atom. The topological polar surface area (TPSA) is 29.5 Å². The second-order valence-electron chi connectivity index (χ2n) is 8.79. The first kappa shape index (κ1) is 21.6. The van der Waals surface area contributed by atoms with Crippen LogP contribution in [0.15, 0.2) is 72.8 Å². The van der Waals surface area contributed by atoms with E-state index in [0.29, 0.717) is 6.42 Å². The van der Waals surface area contributed by atoms with Crippen molar-refractivity contribution in [2.75, 3.05) is 0 Å². The summed E-state index contributed by atoms with van der Waals surface area (Å²) >= 11 is 0. The smallest absolute Gasteiger partial charge is 0.261 e. The van der Waals surface area contributed by atoms with E-state index in [1.165, 1.54) is 10.4 Å². The Hall–Kier alpha value is -2.12. The predicted molar refractivity (Wildman–Crippen MR) is 124 cm³/mol. The fourth-order valence-corrected chi connectivity index (χ4v) is 9.19. The van der Waals surface area contributed by atoms with Crippen molar-refractivity contribution >= 4 is 18.7 Å². The summed E-state index contributed by atoms with van der Waals surface area (Å²) in [5, 5.41) is 12.8. The van der Waals surface area contributed by atoms with E-state index in [0.717, 1.165) is 6.42 Å². The van der Waals surface area contributed by atoms with Crippen LogP contribution in [0.4, 0.5) is 0 Å². The van der Waals surface area contributed by atoms with Crippen LogP contribution in [0.1, 0.15) is 40.5 Å². The SMILES string of the molecule is CC#CC(O)C[C@@H]1C=CC[C@@H]1O[Si](c1ccccc1)(c1ccccc1)C(C)(C)C. The van der Waals surface area contributed by atoms with Crippen molar-refractivity contribution in [1.82, 2.24) is 0 Å². The molecule has 0 saturated carbocycles. The van der Waals surface area contributed by atoms with Crippen LogP contribution < -0.4 is 10.4 Å². The minimum Gasteiger partial charge on any atom is -0.404 e. The van der Waals surface area contributed by atoms with Gasteiger partial charge in [0.15, 0.2) is 0 Å². The number of hydrogen-bond acceptors (Lipinski definition) is 2. The third-order valence-electron chi connectivity index (χ3n) is 5.78. The summed E-state index contributed by atoms with van der Waals surface area (Å²) < 4.78 is 7.24. The summed E-state index contributed by atoms with van der Waals surface area (Å²) in [5.74, 6) is 5.87. The van der Waals surface area contributed by atoms with E-state index in [1.807, 2.05) is 0 Å². The van der Waals surface area contributed by atoms with E-state index in [2.05, 4.69) is 105 Å². The van der Waals surface area contributed by atoms with Crippen LogP contribution in [0, 0.1) is 17.8 Å². The van der Waals surface area contributed by atoms with E-state index in [-0.39, 0.29) is 17.1 Å². The van der Waals surface area contributed by atoms with Gasteiger partial charge in [0, 0.05) is 5.92 Å². The van der Waals surface area contributed by atoms with Crippen LogP contribution in [-0.2, 0) is 4.43 Å². The zero-order valence-electron chi connectivity index (χ0n) is 17.9. The van der Waals surface area contributed by atoms with Crippen molar-refractivity contribution in [1.29, 1.82) is 0 Å². The Kier molecular flexibility index (Phi) is 6.80. The molecule has 0 aromatic heterocycles. The highest BCUT2D eigenvalue weighted by Crippen LogP contribution is 2.40. The van der Waals surface area contributed by atoms with Gasteiger partial charge in [-0.25, -0.2) is 0 Å². The number of hydrogen-bond donors (Lipinski definition) is 1. The van der Waals surface area contributed by atoms with Crippen LogP contribution in [0.25, 0.3) is 0 Å². The maximum Gasteiger partial charge on any atom is 0.261 e. The van der Waals surface area contributed by atoms with E-state index in [1.54, 1.807) is 6.92 Å². The van der Waals surface area contributed by atoms with Crippen molar-refractivity contribution in [2.24, 2.45) is 5.92 Å². The maximum absolute atomic E-state index is 10.3. The highest BCUT2D eigenvalue weighted by Gasteiger charge is 2.52. The predicted octanol–water partition coefficient (Wildman–Crippen LogP) is 4.28. The Labute approximate surface area is 176 Å². The van der Waals surface area contributed by atoms with E-state index in [4.69, 9.17) is 4.43 Å². The molecule has 3 atom stereocenters. The Morgan fingerprint density at radius 2 is 1.59 bits per heavy atom. The summed E-state index contributed by atoms with van der Waals surface area (Å²) in [6.07, 6.45) is 5.32. The minimum atomic E-state index is -2.58. The van der Waals surface area contributed by atoms with Gasteiger partial charge in [0.1, 0.15) is 6.10 Å². The van der Waals surface area contributed by atoms with Gasteiger partial charge < -0.3 is 9.53 Å². The first-order valence-electron chi connectivity index (χ1n) is 10.4. The number of benzene rings is 2. The quantitative estimate of drug-likeness (QED) is 0.442. The fraction of sp³-hybridized carbons (Fsp3) is 0.385. The third-order valence-corrected chi connectivity index (χ3v) is 10.8. The average molecular weight is 405 g/mol. The van der Waals surface area contributed by atoms with Gasteiger partial charge in [0.05, 0.1) is 6.10 Å². The molecule has 0 aliphatic heterocycles. The van der Waals surface area contributed by atoms with Crippen molar-refractivity contribution in [3.63, 3.8) is 0 Å². The van der Waals surface area contributed by atoms with E-state index < -0.39 is 14.4 Å². The second-order valence-corrected chi connectivity index (χ2v) is 13.0. The standard InChI is InChI=1S/C26H32O2Si/c1-5-13-22(27)20-21-14-12-19-25(21)28-29(26(2,3)4,23-15-8-6-9-16-23)24-17-10-7-11-18-24/h6-12,14-18,21-22,25,27H,19-20H2,1-4H3/t21-,22?,25-/m0/s1. The van der Waals surface area contributed by atoms with E-state index in [9.17, 15) is 5.11 Å². The first-order valence-corrected chi connectivity index (χ1v) is 12.3. The highest BCUT2D eigenvalue weighted by molar-refractivity contribution is 6.99. The fourth-order valence-electron chi connectivity index (χ4n) is 4.45. The number of aliphatic hydroxyl groups is 1. The molecule has 3 heteroatoms. The number of aliphatic hydroxyl groups excluding tert-OH is 1. The summed E-state index contributed by atoms with van der Waals surface area (Å²) in [5.41, 5.74) is 0. The van der Waals surface area contributed by atoms with Crippen LogP contribution in [0.3, 0.4) is 0 Å². The van der Waals surface area contributed by atoms with Crippen molar-refractivity contribution in [2.45, 2.75) is 57.8 Å². The van der Waals surface area contributed by atoms with Crippen LogP contribution in [-0.4, -0.2) is 25.6 Å². The Bertz CT molecular complexity index is 832. The number of rotatable bonds is 6. The van der Waals surface area contributed by atoms with Gasteiger partial charge in [-0.1, -0.05) is 99.5 Å². The van der Waals surface area contributed by atoms with Gasteiger partial charge in [0.25, 0.3) is 8.32 Å². The van der Waals surface area contributed by atoms with E-state index >= 15 is 0 Å². The Balaban J connectivity index is 2.05. The molecule has 2 aromatic carbocycles. The molecule has 29 heavy (non-hydrogen) atoms. The summed E-state index contributed by atoms with van der Waals surface area (Å²) in [4.78, 5) is 0. The molecule has 2 aromatic rings. The largest absolute Gasteiger partial charge is 0.404 e. The van der Waals surface area contributed by atoms with Crippen LogP contribution in [0.5, 0.6) is 0 Å². The Morgan fingerprint density at radius 3 is 2.07 bits per heavy atom. The van der Waals surface area contributed by atoms with Gasteiger partial charge in [0.2, 0.25) is 0 Å². The van der Waals surface area contributed by atoms with Gasteiger partial charge in [-0.2, -0.15) is 0 Å². The molecule has 0 fully saturated rings. The molecule has 1 aliphatic carbocycles. The summed E-state index contributed by atoms with van der Waals surface area (Å²) in [6, 6.07) is 21.5. The second kappa shape index (κ2) is 9.13. The molecule has 2 nitrogen and oxygen atoms in total. The zero-order chi connectivity index (χ0) is 20.9. The van der Waals surface area contributed by atoms with Gasteiger partial charge in [-0.05, 0) is 35.2 Å². The van der Waals surface area contributed by atoms with Gasteiger partial charge in [-0.15, -0.1) is 5.92 Å². The zero-order valence-corrected chi connectivity index (χ0v) is 18.9. The molecular weight excluding hydrogens is 372 g/mol. The molecule has 0 bridgehead atoms. The summed E-state index contributed by atoms with van der Waals surface area (Å²) in [6.45, 7) is 8.67.